The first-order valence-electron chi connectivity index (χ1n) is 8.60. The van der Waals surface area contributed by atoms with Gasteiger partial charge in [0.25, 0.3) is 0 Å². The predicted molar refractivity (Wildman–Crippen MR) is 113 cm³/mol. The number of aryl methyl sites for hydroxylation is 2. The summed E-state index contributed by atoms with van der Waals surface area (Å²) in [6, 6.07) is 5.58. The molecule has 3 rings (SSSR count). The zero-order valence-electron chi connectivity index (χ0n) is 15.6. The fraction of sp³-hybridized carbons (Fsp3) is 0.250. The van der Waals surface area contributed by atoms with Crippen molar-refractivity contribution < 1.29 is 19.1 Å². The van der Waals surface area contributed by atoms with Gasteiger partial charge in [-0.15, -0.1) is 0 Å². The molecule has 0 unspecified atom stereocenters. The fourth-order valence-electron chi connectivity index (χ4n) is 3.08. The normalized spacial score (nSPS) is 10.9. The Hall–Kier alpha value is -2.19. The molecule has 2 heterocycles. The molecule has 2 aromatic heterocycles. The molecular weight excluding hydrogens is 492 g/mol. The summed E-state index contributed by atoms with van der Waals surface area (Å²) in [4.78, 5) is 32.6. The van der Waals surface area contributed by atoms with E-state index in [-0.39, 0.29) is 24.6 Å². The lowest BCUT2D eigenvalue weighted by Gasteiger charge is -2.12. The number of aromatic amines is 1. The highest BCUT2D eigenvalue weighted by atomic mass is 79.9. The van der Waals surface area contributed by atoms with Crippen LogP contribution in [0.1, 0.15) is 39.0 Å². The summed E-state index contributed by atoms with van der Waals surface area (Å²) in [5.74, 6) is -0.372. The fourth-order valence-corrected chi connectivity index (χ4v) is 4.47. The van der Waals surface area contributed by atoms with E-state index in [4.69, 9.17) is 9.47 Å². The van der Waals surface area contributed by atoms with E-state index >= 15 is 0 Å². The summed E-state index contributed by atoms with van der Waals surface area (Å²) < 4.78 is 12.5. The van der Waals surface area contributed by atoms with E-state index in [2.05, 4.69) is 41.8 Å². The minimum atomic E-state index is -0.523. The number of hydrogen-bond donors (Lipinski definition) is 1. The van der Waals surface area contributed by atoms with Gasteiger partial charge in [0.1, 0.15) is 5.52 Å². The third kappa shape index (κ3) is 3.84. The Labute approximate surface area is 178 Å². The SMILES string of the molecule is CCOC(=O)c1c(C)[nH]c(C)c1C(=O)COc1c(Br)cc(Br)c2cccnc12. The maximum atomic E-state index is 12.9. The molecule has 0 saturated carbocycles. The van der Waals surface area contributed by atoms with Crippen LogP contribution in [0.3, 0.4) is 0 Å². The van der Waals surface area contributed by atoms with Gasteiger partial charge in [0, 0.05) is 27.4 Å². The minimum absolute atomic E-state index is 0.232. The molecule has 0 aliphatic heterocycles. The van der Waals surface area contributed by atoms with Gasteiger partial charge in [-0.1, -0.05) is 22.0 Å². The maximum Gasteiger partial charge on any atom is 0.340 e. The molecule has 0 amide bonds. The molecule has 1 N–H and O–H groups in total. The Morgan fingerprint density at radius 2 is 1.86 bits per heavy atom. The first-order chi connectivity index (χ1) is 13.3. The highest BCUT2D eigenvalue weighted by Gasteiger charge is 2.26. The molecule has 3 aromatic rings. The summed E-state index contributed by atoms with van der Waals surface area (Å²) in [6.07, 6.45) is 1.66. The van der Waals surface area contributed by atoms with Crippen LogP contribution in [0.25, 0.3) is 10.9 Å². The van der Waals surface area contributed by atoms with Crippen LogP contribution in [-0.2, 0) is 4.74 Å². The Morgan fingerprint density at radius 3 is 2.57 bits per heavy atom. The van der Waals surface area contributed by atoms with Crippen LogP contribution in [0.15, 0.2) is 33.3 Å². The van der Waals surface area contributed by atoms with Crippen molar-refractivity contribution >= 4 is 54.5 Å². The van der Waals surface area contributed by atoms with Gasteiger partial charge in [-0.3, -0.25) is 9.78 Å². The highest BCUT2D eigenvalue weighted by molar-refractivity contribution is 9.11. The van der Waals surface area contributed by atoms with Crippen molar-refractivity contribution in [1.29, 1.82) is 0 Å². The van der Waals surface area contributed by atoms with Crippen molar-refractivity contribution in [3.05, 3.63) is 55.9 Å². The molecule has 0 bridgehead atoms. The molecule has 8 heteroatoms. The lowest BCUT2D eigenvalue weighted by Crippen LogP contribution is -2.17. The van der Waals surface area contributed by atoms with Crippen LogP contribution in [-0.4, -0.2) is 34.9 Å². The van der Waals surface area contributed by atoms with E-state index in [1.54, 1.807) is 27.0 Å². The molecular formula is C20H18Br2N2O4. The van der Waals surface area contributed by atoms with Gasteiger partial charge in [0.05, 0.1) is 22.2 Å². The number of carbonyl (C=O) groups is 2. The number of pyridine rings is 1. The maximum absolute atomic E-state index is 12.9. The van der Waals surface area contributed by atoms with E-state index in [1.807, 2.05) is 18.2 Å². The Morgan fingerprint density at radius 1 is 1.14 bits per heavy atom. The number of fused-ring (bicyclic) bond motifs is 1. The number of nitrogens with one attached hydrogen (secondary N) is 1. The molecule has 6 nitrogen and oxygen atoms in total. The van der Waals surface area contributed by atoms with Crippen molar-refractivity contribution in [1.82, 2.24) is 9.97 Å². The summed E-state index contributed by atoms with van der Waals surface area (Å²) in [5, 5.41) is 0.869. The molecule has 0 aliphatic carbocycles. The second kappa shape index (κ2) is 8.45. The molecule has 0 atom stereocenters. The van der Waals surface area contributed by atoms with Gasteiger partial charge in [-0.05, 0) is 48.8 Å². The number of nitrogens with zero attached hydrogens (tertiary/aromatic N) is 1. The largest absolute Gasteiger partial charge is 0.482 e. The zero-order valence-corrected chi connectivity index (χ0v) is 18.7. The number of aromatic nitrogens is 2. The Kier molecular flexibility index (Phi) is 6.20. The number of ether oxygens (including phenoxy) is 2. The minimum Gasteiger partial charge on any atom is -0.482 e. The first kappa shape index (κ1) is 20.5. The number of benzene rings is 1. The molecule has 0 radical (unpaired) electrons. The average Bonchev–Trinajstić information content (AvgIpc) is 2.95. The van der Waals surface area contributed by atoms with Crippen molar-refractivity contribution in [3.8, 4) is 5.75 Å². The zero-order chi connectivity index (χ0) is 20.4. The smallest absolute Gasteiger partial charge is 0.340 e. The number of carbonyl (C=O) groups excluding carboxylic acids is 2. The summed E-state index contributed by atoms with van der Waals surface area (Å²) >= 11 is 6.97. The summed E-state index contributed by atoms with van der Waals surface area (Å²) in [5.41, 5.74) is 2.37. The number of rotatable bonds is 6. The molecule has 28 heavy (non-hydrogen) atoms. The predicted octanol–water partition coefficient (Wildman–Crippen LogP) is 5.14. The lowest BCUT2D eigenvalue weighted by molar-refractivity contribution is 0.0522. The Bertz CT molecular complexity index is 1080. The van der Waals surface area contributed by atoms with Crippen LogP contribution in [0, 0.1) is 13.8 Å². The monoisotopic (exact) mass is 508 g/mol. The van der Waals surface area contributed by atoms with Crippen molar-refractivity contribution in [2.75, 3.05) is 13.2 Å². The molecule has 0 spiro atoms. The molecule has 0 fully saturated rings. The van der Waals surface area contributed by atoms with Crippen molar-refractivity contribution in [2.45, 2.75) is 20.8 Å². The number of ketones is 1. The van der Waals surface area contributed by atoms with E-state index in [1.165, 1.54) is 0 Å². The van der Waals surface area contributed by atoms with E-state index in [0.29, 0.717) is 32.7 Å². The number of halogens is 2. The summed E-state index contributed by atoms with van der Waals surface area (Å²) in [7, 11) is 0. The molecule has 1 aromatic carbocycles. The van der Waals surface area contributed by atoms with Gasteiger partial charge in [-0.25, -0.2) is 4.79 Å². The van der Waals surface area contributed by atoms with Gasteiger partial charge < -0.3 is 14.5 Å². The third-order valence-electron chi connectivity index (χ3n) is 4.23. The quantitative estimate of drug-likeness (QED) is 0.367. The number of esters is 1. The standard InChI is InChI=1S/C20H18Br2N2O4/c1-4-27-20(26)17-11(3)24-10(2)16(17)15(25)9-28-19-14(22)8-13(21)12-6-5-7-23-18(12)19/h5-8,24H,4,9H2,1-3H3. The lowest BCUT2D eigenvalue weighted by atomic mass is 10.1. The molecule has 146 valence electrons. The topological polar surface area (TPSA) is 81.3 Å². The third-order valence-corrected chi connectivity index (χ3v) is 5.48. The average molecular weight is 510 g/mol. The van der Waals surface area contributed by atoms with Gasteiger partial charge in [0.15, 0.2) is 12.4 Å². The van der Waals surface area contributed by atoms with Crippen LogP contribution < -0.4 is 4.74 Å². The van der Waals surface area contributed by atoms with E-state index < -0.39 is 5.97 Å². The molecule has 0 aliphatic rings. The van der Waals surface area contributed by atoms with Gasteiger partial charge in [0.2, 0.25) is 5.78 Å². The molecule has 0 saturated heterocycles. The summed E-state index contributed by atoms with van der Waals surface area (Å²) in [6.45, 7) is 5.20. The van der Waals surface area contributed by atoms with Gasteiger partial charge in [-0.2, -0.15) is 0 Å². The number of Topliss-reactive ketones (excluding diaryl/α,β-unsaturated/α-hetero) is 1. The number of hydrogen-bond acceptors (Lipinski definition) is 5. The van der Waals surface area contributed by atoms with Gasteiger partial charge >= 0.3 is 5.97 Å². The van der Waals surface area contributed by atoms with Crippen LogP contribution in [0.5, 0.6) is 5.75 Å². The van der Waals surface area contributed by atoms with Crippen molar-refractivity contribution in [2.24, 2.45) is 0 Å². The Balaban J connectivity index is 1.92. The second-order valence-electron chi connectivity index (χ2n) is 6.13. The first-order valence-corrected chi connectivity index (χ1v) is 10.2. The second-order valence-corrected chi connectivity index (χ2v) is 7.83. The van der Waals surface area contributed by atoms with Crippen LogP contribution in [0.2, 0.25) is 0 Å². The highest BCUT2D eigenvalue weighted by Crippen LogP contribution is 2.37. The number of H-pyrrole nitrogens is 1. The van der Waals surface area contributed by atoms with E-state index in [0.717, 1.165) is 9.86 Å². The van der Waals surface area contributed by atoms with E-state index in [9.17, 15) is 9.59 Å². The van der Waals surface area contributed by atoms with Crippen LogP contribution >= 0.6 is 31.9 Å². The van der Waals surface area contributed by atoms with Crippen molar-refractivity contribution in [3.63, 3.8) is 0 Å². The van der Waals surface area contributed by atoms with Crippen LogP contribution in [0.4, 0.5) is 0 Å².